The zero-order valence-electron chi connectivity index (χ0n) is 12.8. The van der Waals surface area contributed by atoms with Crippen molar-refractivity contribution in [2.75, 3.05) is 6.54 Å². The van der Waals surface area contributed by atoms with Crippen molar-refractivity contribution >= 4 is 11.3 Å². The topological polar surface area (TPSA) is 24.9 Å². The van der Waals surface area contributed by atoms with Crippen LogP contribution in [-0.4, -0.2) is 17.1 Å². The van der Waals surface area contributed by atoms with Gasteiger partial charge in [-0.15, -0.1) is 11.3 Å². The summed E-state index contributed by atoms with van der Waals surface area (Å²) in [6, 6.07) is 8.88. The van der Waals surface area contributed by atoms with E-state index in [1.54, 1.807) is 11.3 Å². The molecule has 0 aliphatic heterocycles. The summed E-state index contributed by atoms with van der Waals surface area (Å²) in [5.74, 6) is 0.469. The van der Waals surface area contributed by atoms with Gasteiger partial charge in [0.05, 0.1) is 11.2 Å². The first kappa shape index (κ1) is 15.2. The molecule has 0 saturated carbocycles. The van der Waals surface area contributed by atoms with E-state index in [0.717, 1.165) is 13.0 Å². The van der Waals surface area contributed by atoms with Crippen LogP contribution in [0.2, 0.25) is 0 Å². The molecule has 0 bridgehead atoms. The number of thiazole rings is 1. The molecule has 0 fully saturated rings. The number of benzene rings is 1. The number of nitrogens with zero attached hydrogens (tertiary/aromatic N) is 1. The van der Waals surface area contributed by atoms with Gasteiger partial charge in [0.25, 0.3) is 0 Å². The minimum absolute atomic E-state index is 0.144. The molecule has 2 aromatic rings. The van der Waals surface area contributed by atoms with Gasteiger partial charge in [-0.3, -0.25) is 0 Å². The van der Waals surface area contributed by atoms with E-state index in [0.29, 0.717) is 5.92 Å². The number of hydrogen-bond acceptors (Lipinski definition) is 3. The Morgan fingerprint density at radius 1 is 1.20 bits per heavy atom. The Balaban J connectivity index is 2.12. The minimum atomic E-state index is 0.144. The molecule has 1 heterocycles. The van der Waals surface area contributed by atoms with Gasteiger partial charge in [0.15, 0.2) is 0 Å². The van der Waals surface area contributed by atoms with Gasteiger partial charge in [-0.2, -0.15) is 0 Å². The molecule has 108 valence electrons. The Morgan fingerprint density at radius 2 is 1.90 bits per heavy atom. The van der Waals surface area contributed by atoms with Gasteiger partial charge in [0.2, 0.25) is 0 Å². The predicted octanol–water partition coefficient (Wildman–Crippen LogP) is 4.17. The molecule has 2 rings (SSSR count). The Bertz CT molecular complexity index is 509. The first-order valence-electron chi connectivity index (χ1n) is 7.13. The van der Waals surface area contributed by atoms with Crippen LogP contribution in [0, 0.1) is 6.92 Å². The second kappa shape index (κ2) is 6.51. The van der Waals surface area contributed by atoms with Crippen molar-refractivity contribution in [1.82, 2.24) is 10.3 Å². The number of rotatable bonds is 5. The lowest BCUT2D eigenvalue weighted by atomic mass is 9.92. The molecule has 1 N–H and O–H groups in total. The SMILES string of the molecule is Cc1ccc(C(CNC(C)(C)C)Cc2cscn2)cc1. The average Bonchev–Trinajstić information content (AvgIpc) is 2.87. The van der Waals surface area contributed by atoms with E-state index in [2.05, 4.69) is 67.6 Å². The van der Waals surface area contributed by atoms with Crippen molar-refractivity contribution in [2.24, 2.45) is 0 Å². The molecular weight excluding hydrogens is 264 g/mol. The molecule has 1 unspecified atom stereocenters. The highest BCUT2D eigenvalue weighted by Crippen LogP contribution is 2.22. The highest BCUT2D eigenvalue weighted by atomic mass is 32.1. The van der Waals surface area contributed by atoms with Crippen LogP contribution in [0.25, 0.3) is 0 Å². The quantitative estimate of drug-likeness (QED) is 0.893. The monoisotopic (exact) mass is 288 g/mol. The Labute approximate surface area is 126 Å². The molecule has 1 atom stereocenters. The third kappa shape index (κ3) is 4.73. The summed E-state index contributed by atoms with van der Waals surface area (Å²) in [7, 11) is 0. The molecule has 0 aliphatic carbocycles. The van der Waals surface area contributed by atoms with Gasteiger partial charge in [0.1, 0.15) is 0 Å². The van der Waals surface area contributed by atoms with Gasteiger partial charge in [-0.25, -0.2) is 4.98 Å². The number of hydrogen-bond donors (Lipinski definition) is 1. The Kier molecular flexibility index (Phi) is 4.95. The lowest BCUT2D eigenvalue weighted by Gasteiger charge is -2.25. The molecular formula is C17H24N2S. The fourth-order valence-electron chi connectivity index (χ4n) is 2.17. The van der Waals surface area contributed by atoms with E-state index < -0.39 is 0 Å². The first-order chi connectivity index (χ1) is 9.44. The number of aromatic nitrogens is 1. The van der Waals surface area contributed by atoms with E-state index in [1.807, 2.05) is 5.51 Å². The summed E-state index contributed by atoms with van der Waals surface area (Å²) in [6.07, 6.45) is 0.996. The Hall–Kier alpha value is -1.19. The van der Waals surface area contributed by atoms with Crippen LogP contribution in [0.5, 0.6) is 0 Å². The summed E-state index contributed by atoms with van der Waals surface area (Å²) in [5, 5.41) is 5.77. The van der Waals surface area contributed by atoms with Crippen molar-refractivity contribution in [3.63, 3.8) is 0 Å². The third-order valence-corrected chi connectivity index (χ3v) is 4.00. The zero-order valence-corrected chi connectivity index (χ0v) is 13.6. The summed E-state index contributed by atoms with van der Waals surface area (Å²) >= 11 is 1.67. The van der Waals surface area contributed by atoms with Gasteiger partial charge < -0.3 is 5.32 Å². The normalized spacial score (nSPS) is 13.4. The molecule has 1 aromatic carbocycles. The van der Waals surface area contributed by atoms with Gasteiger partial charge in [-0.05, 0) is 39.7 Å². The maximum absolute atomic E-state index is 4.43. The van der Waals surface area contributed by atoms with E-state index in [-0.39, 0.29) is 5.54 Å². The fourth-order valence-corrected chi connectivity index (χ4v) is 2.74. The van der Waals surface area contributed by atoms with Crippen LogP contribution in [-0.2, 0) is 6.42 Å². The smallest absolute Gasteiger partial charge is 0.0794 e. The molecule has 1 aromatic heterocycles. The van der Waals surface area contributed by atoms with Crippen LogP contribution in [0.15, 0.2) is 35.2 Å². The predicted molar refractivity (Wildman–Crippen MR) is 87.5 cm³/mol. The maximum atomic E-state index is 4.43. The zero-order chi connectivity index (χ0) is 14.6. The van der Waals surface area contributed by atoms with E-state index in [1.165, 1.54) is 16.8 Å². The van der Waals surface area contributed by atoms with Gasteiger partial charge >= 0.3 is 0 Å². The largest absolute Gasteiger partial charge is 0.311 e. The van der Waals surface area contributed by atoms with Crippen LogP contribution in [0.3, 0.4) is 0 Å². The Morgan fingerprint density at radius 3 is 2.45 bits per heavy atom. The lowest BCUT2D eigenvalue weighted by molar-refractivity contribution is 0.404. The van der Waals surface area contributed by atoms with Crippen LogP contribution >= 0.6 is 11.3 Å². The first-order valence-corrected chi connectivity index (χ1v) is 8.07. The number of nitrogens with one attached hydrogen (secondary N) is 1. The van der Waals surface area contributed by atoms with Crippen LogP contribution in [0.4, 0.5) is 0 Å². The van der Waals surface area contributed by atoms with Crippen molar-refractivity contribution in [3.05, 3.63) is 52.0 Å². The van der Waals surface area contributed by atoms with Crippen molar-refractivity contribution in [1.29, 1.82) is 0 Å². The molecule has 0 saturated heterocycles. The van der Waals surface area contributed by atoms with E-state index >= 15 is 0 Å². The molecule has 0 radical (unpaired) electrons. The highest BCUT2D eigenvalue weighted by molar-refractivity contribution is 7.07. The van der Waals surface area contributed by atoms with Crippen molar-refractivity contribution in [3.8, 4) is 0 Å². The van der Waals surface area contributed by atoms with Crippen LogP contribution < -0.4 is 5.32 Å². The van der Waals surface area contributed by atoms with Crippen LogP contribution in [0.1, 0.15) is 43.5 Å². The number of aryl methyl sites for hydroxylation is 1. The maximum Gasteiger partial charge on any atom is 0.0794 e. The summed E-state index contributed by atoms with van der Waals surface area (Å²) < 4.78 is 0. The van der Waals surface area contributed by atoms with Gasteiger partial charge in [0, 0.05) is 23.4 Å². The highest BCUT2D eigenvalue weighted by Gasteiger charge is 2.17. The standard InChI is InChI=1S/C17H24N2S/c1-13-5-7-14(8-6-13)15(10-19-17(2,3)4)9-16-11-20-12-18-16/h5-8,11-12,15,19H,9-10H2,1-4H3. The van der Waals surface area contributed by atoms with Crippen molar-refractivity contribution < 1.29 is 0 Å². The lowest BCUT2D eigenvalue weighted by Crippen LogP contribution is -2.39. The summed E-state index contributed by atoms with van der Waals surface area (Å²) in [6.45, 7) is 9.74. The molecule has 3 heteroatoms. The molecule has 20 heavy (non-hydrogen) atoms. The average molecular weight is 288 g/mol. The fraction of sp³-hybridized carbons (Fsp3) is 0.471. The second-order valence-electron chi connectivity index (χ2n) is 6.42. The molecule has 2 nitrogen and oxygen atoms in total. The molecule has 0 spiro atoms. The molecule has 0 amide bonds. The van der Waals surface area contributed by atoms with Crippen molar-refractivity contribution in [2.45, 2.75) is 45.6 Å². The van der Waals surface area contributed by atoms with E-state index in [4.69, 9.17) is 0 Å². The summed E-state index contributed by atoms with van der Waals surface area (Å²) in [4.78, 5) is 4.43. The third-order valence-electron chi connectivity index (χ3n) is 3.37. The van der Waals surface area contributed by atoms with Gasteiger partial charge in [-0.1, -0.05) is 29.8 Å². The minimum Gasteiger partial charge on any atom is -0.311 e. The van der Waals surface area contributed by atoms with E-state index in [9.17, 15) is 0 Å². The summed E-state index contributed by atoms with van der Waals surface area (Å²) in [5.41, 5.74) is 5.95. The second-order valence-corrected chi connectivity index (χ2v) is 7.14. The molecule has 0 aliphatic rings.